The van der Waals surface area contributed by atoms with Gasteiger partial charge >= 0.3 is 0 Å². The molecule has 1 aliphatic carbocycles. The van der Waals surface area contributed by atoms with Gasteiger partial charge in [0.2, 0.25) is 0 Å². The highest BCUT2D eigenvalue weighted by Gasteiger charge is 2.22. The first-order valence-electron chi connectivity index (χ1n) is 8.69. The van der Waals surface area contributed by atoms with E-state index in [0.717, 1.165) is 17.8 Å². The molecule has 24 heavy (non-hydrogen) atoms. The Morgan fingerprint density at radius 1 is 1.04 bits per heavy atom. The number of hydrogen-bond donors (Lipinski definition) is 1. The Balaban J connectivity index is 1.82. The molecule has 0 radical (unpaired) electrons. The fourth-order valence-corrected chi connectivity index (χ4v) is 3.25. The molecule has 0 spiro atoms. The van der Waals surface area contributed by atoms with Gasteiger partial charge in [-0.1, -0.05) is 56.3 Å². The van der Waals surface area contributed by atoms with Gasteiger partial charge in [0.25, 0.3) is 0 Å². The number of benzene rings is 2. The molecule has 1 N–H and O–H groups in total. The number of ketones is 1. The molecule has 2 aromatic rings. The van der Waals surface area contributed by atoms with Crippen LogP contribution >= 0.6 is 0 Å². The lowest BCUT2D eigenvalue weighted by Gasteiger charge is -2.24. The molecule has 0 heterocycles. The van der Waals surface area contributed by atoms with Crippen molar-refractivity contribution in [1.82, 2.24) is 0 Å². The SMILES string of the molecule is Cc1ccc(C(C)C)cc1NC1=CC(=O)C[C@@H](c2ccccc2)C1. The Morgan fingerprint density at radius 3 is 2.50 bits per heavy atom. The maximum atomic E-state index is 12.2. The summed E-state index contributed by atoms with van der Waals surface area (Å²) in [6.07, 6.45) is 3.25. The van der Waals surface area contributed by atoms with Crippen molar-refractivity contribution < 1.29 is 4.79 Å². The maximum Gasteiger partial charge on any atom is 0.158 e. The van der Waals surface area contributed by atoms with Gasteiger partial charge in [0, 0.05) is 23.9 Å². The van der Waals surface area contributed by atoms with E-state index in [1.54, 1.807) is 6.08 Å². The smallest absolute Gasteiger partial charge is 0.158 e. The average Bonchev–Trinajstić information content (AvgIpc) is 2.57. The molecule has 0 saturated carbocycles. The average molecular weight is 319 g/mol. The van der Waals surface area contributed by atoms with Crippen molar-refractivity contribution >= 4 is 11.5 Å². The standard InChI is InChI=1S/C22H25NO/c1-15(2)18-10-9-16(3)22(13-18)23-20-11-19(12-21(24)14-20)17-7-5-4-6-8-17/h4-10,13-15,19,23H,11-12H2,1-3H3/t19-/m0/s1. The topological polar surface area (TPSA) is 29.1 Å². The summed E-state index contributed by atoms with van der Waals surface area (Å²) < 4.78 is 0. The minimum absolute atomic E-state index is 0.204. The predicted molar refractivity (Wildman–Crippen MR) is 100 cm³/mol. The van der Waals surface area contributed by atoms with Gasteiger partial charge in [-0.25, -0.2) is 0 Å². The van der Waals surface area contributed by atoms with Crippen molar-refractivity contribution in [3.05, 3.63) is 77.0 Å². The van der Waals surface area contributed by atoms with Crippen LogP contribution in [-0.2, 0) is 4.79 Å². The van der Waals surface area contributed by atoms with Gasteiger partial charge in [-0.2, -0.15) is 0 Å². The minimum atomic E-state index is 0.204. The predicted octanol–water partition coefficient (Wildman–Crippen LogP) is 5.56. The number of aryl methyl sites for hydroxylation is 1. The number of carbonyl (C=O) groups is 1. The van der Waals surface area contributed by atoms with Gasteiger partial charge in [-0.3, -0.25) is 4.79 Å². The van der Waals surface area contributed by atoms with Crippen LogP contribution in [0.15, 0.2) is 60.3 Å². The second-order valence-corrected chi connectivity index (χ2v) is 7.01. The monoisotopic (exact) mass is 319 g/mol. The minimum Gasteiger partial charge on any atom is -0.359 e. The highest BCUT2D eigenvalue weighted by molar-refractivity contribution is 5.92. The summed E-state index contributed by atoms with van der Waals surface area (Å²) in [6.45, 7) is 6.50. The summed E-state index contributed by atoms with van der Waals surface area (Å²) in [5, 5.41) is 3.51. The van der Waals surface area contributed by atoms with E-state index >= 15 is 0 Å². The molecule has 1 atom stereocenters. The Morgan fingerprint density at radius 2 is 1.79 bits per heavy atom. The first-order chi connectivity index (χ1) is 11.5. The van der Waals surface area contributed by atoms with Gasteiger partial charge in [0.1, 0.15) is 0 Å². The second-order valence-electron chi connectivity index (χ2n) is 7.01. The first-order valence-corrected chi connectivity index (χ1v) is 8.69. The Hall–Kier alpha value is -2.35. The zero-order valence-electron chi connectivity index (χ0n) is 14.7. The summed E-state index contributed by atoms with van der Waals surface area (Å²) in [6, 6.07) is 16.9. The van der Waals surface area contributed by atoms with Crippen molar-refractivity contribution in [2.75, 3.05) is 5.32 Å². The summed E-state index contributed by atoms with van der Waals surface area (Å²) in [4.78, 5) is 12.2. The Bertz CT molecular complexity index is 759. The van der Waals surface area contributed by atoms with Gasteiger partial charge < -0.3 is 5.32 Å². The van der Waals surface area contributed by atoms with Gasteiger partial charge in [-0.15, -0.1) is 0 Å². The van der Waals surface area contributed by atoms with Gasteiger partial charge in [0.05, 0.1) is 0 Å². The molecule has 2 aromatic carbocycles. The van der Waals surface area contributed by atoms with Crippen LogP contribution in [-0.4, -0.2) is 5.78 Å². The summed E-state index contributed by atoms with van der Waals surface area (Å²) in [7, 11) is 0. The molecule has 3 rings (SSSR count). The molecule has 1 aliphatic rings. The summed E-state index contributed by atoms with van der Waals surface area (Å²) in [5.74, 6) is 0.959. The van der Waals surface area contributed by atoms with Crippen molar-refractivity contribution in [2.24, 2.45) is 0 Å². The lowest BCUT2D eigenvalue weighted by molar-refractivity contribution is -0.115. The van der Waals surface area contributed by atoms with Crippen LogP contribution in [0.25, 0.3) is 0 Å². The number of allylic oxidation sites excluding steroid dienone is 2. The van der Waals surface area contributed by atoms with Crippen molar-refractivity contribution in [3.63, 3.8) is 0 Å². The molecule has 0 amide bonds. The van der Waals surface area contributed by atoms with E-state index in [-0.39, 0.29) is 11.7 Å². The lowest BCUT2D eigenvalue weighted by Crippen LogP contribution is -2.17. The van der Waals surface area contributed by atoms with E-state index in [4.69, 9.17) is 0 Å². The van der Waals surface area contributed by atoms with E-state index in [9.17, 15) is 4.79 Å². The van der Waals surface area contributed by atoms with Gasteiger partial charge in [0.15, 0.2) is 5.78 Å². The maximum absolute atomic E-state index is 12.2. The van der Waals surface area contributed by atoms with Gasteiger partial charge in [-0.05, 0) is 47.9 Å². The van der Waals surface area contributed by atoms with E-state index in [2.05, 4.69) is 56.4 Å². The van der Waals surface area contributed by atoms with Crippen LogP contribution in [0.2, 0.25) is 0 Å². The molecule has 0 unspecified atom stereocenters. The number of carbonyl (C=O) groups excluding carboxylic acids is 1. The van der Waals surface area contributed by atoms with Crippen molar-refractivity contribution in [3.8, 4) is 0 Å². The van der Waals surface area contributed by atoms with Crippen LogP contribution in [0.4, 0.5) is 5.69 Å². The molecule has 0 fully saturated rings. The number of anilines is 1. The molecular weight excluding hydrogens is 294 g/mol. The van der Waals surface area contributed by atoms with Crippen LogP contribution in [0.3, 0.4) is 0 Å². The second kappa shape index (κ2) is 7.04. The zero-order chi connectivity index (χ0) is 17.1. The molecule has 0 aromatic heterocycles. The van der Waals surface area contributed by atoms with Crippen LogP contribution in [0.1, 0.15) is 55.2 Å². The number of rotatable bonds is 4. The third kappa shape index (κ3) is 3.76. The third-order valence-electron chi connectivity index (χ3n) is 4.74. The molecule has 124 valence electrons. The number of hydrogen-bond acceptors (Lipinski definition) is 2. The molecular formula is C22H25NO. The third-order valence-corrected chi connectivity index (χ3v) is 4.74. The van der Waals surface area contributed by atoms with Crippen molar-refractivity contribution in [2.45, 2.75) is 45.4 Å². The Kier molecular flexibility index (Phi) is 4.84. The highest BCUT2D eigenvalue weighted by Crippen LogP contribution is 2.33. The molecule has 0 aliphatic heterocycles. The molecule has 2 heteroatoms. The quantitative estimate of drug-likeness (QED) is 0.799. The molecule has 0 saturated heterocycles. The normalized spacial score (nSPS) is 17.8. The molecule has 2 nitrogen and oxygen atoms in total. The van der Waals surface area contributed by atoms with E-state index in [1.165, 1.54) is 16.7 Å². The van der Waals surface area contributed by atoms with Crippen LogP contribution in [0, 0.1) is 6.92 Å². The van der Waals surface area contributed by atoms with E-state index in [0.29, 0.717) is 12.3 Å². The largest absolute Gasteiger partial charge is 0.359 e. The lowest BCUT2D eigenvalue weighted by atomic mass is 9.85. The first kappa shape index (κ1) is 16.5. The number of nitrogens with one attached hydrogen (secondary N) is 1. The van der Waals surface area contributed by atoms with Crippen LogP contribution in [0.5, 0.6) is 0 Å². The Labute approximate surface area is 144 Å². The summed E-state index contributed by atoms with van der Waals surface area (Å²) in [5.41, 5.74) is 5.88. The fraction of sp³-hybridized carbons (Fsp3) is 0.318. The molecule has 0 bridgehead atoms. The van der Waals surface area contributed by atoms with Crippen molar-refractivity contribution in [1.29, 1.82) is 0 Å². The van der Waals surface area contributed by atoms with E-state index in [1.807, 2.05) is 18.2 Å². The fourth-order valence-electron chi connectivity index (χ4n) is 3.25. The van der Waals surface area contributed by atoms with Crippen LogP contribution < -0.4 is 5.32 Å². The highest BCUT2D eigenvalue weighted by atomic mass is 16.1. The summed E-state index contributed by atoms with van der Waals surface area (Å²) >= 11 is 0. The zero-order valence-corrected chi connectivity index (χ0v) is 14.7. The van der Waals surface area contributed by atoms with E-state index < -0.39 is 0 Å².